The number of ether oxygens (including phenoxy) is 4. The highest BCUT2D eigenvalue weighted by Crippen LogP contribution is 2.43. The van der Waals surface area contributed by atoms with Crippen molar-refractivity contribution in [2.75, 3.05) is 13.2 Å². The van der Waals surface area contributed by atoms with Crippen molar-refractivity contribution in [1.82, 2.24) is 19.1 Å². The van der Waals surface area contributed by atoms with Gasteiger partial charge < -0.3 is 58.7 Å². The summed E-state index contributed by atoms with van der Waals surface area (Å²) >= 11 is 25.1. The first kappa shape index (κ1) is 57.7. The number of carboxylic acids is 6. The minimum absolute atomic E-state index is 0.0135. The molecule has 2 fully saturated rings. The van der Waals surface area contributed by atoms with Gasteiger partial charge in [-0.05, 0) is 61.1 Å². The van der Waals surface area contributed by atoms with Gasteiger partial charge in [0.05, 0.1) is 61.2 Å². The number of hydrogen-bond acceptors (Lipinski definition) is 12. The molecular weight excluding hydrogens is 1030 g/mol. The van der Waals surface area contributed by atoms with E-state index in [-0.39, 0.29) is 12.2 Å². The lowest BCUT2D eigenvalue weighted by Gasteiger charge is -2.30. The van der Waals surface area contributed by atoms with Crippen LogP contribution in [0.2, 0.25) is 20.1 Å². The van der Waals surface area contributed by atoms with Gasteiger partial charge in [-0.2, -0.15) is 0 Å². The Balaban J connectivity index is 0.000000234. The Kier molecular flexibility index (Phi) is 22.6. The van der Waals surface area contributed by atoms with Gasteiger partial charge in [0.1, 0.15) is 0 Å². The lowest BCUT2D eigenvalue weighted by molar-refractivity contribution is -0.187. The number of aromatic nitrogens is 4. The molecule has 2 aromatic heterocycles. The summed E-state index contributed by atoms with van der Waals surface area (Å²) in [6.45, 7) is 1.97. The predicted octanol–water partition coefficient (Wildman–Crippen LogP) is 7.65. The fraction of sp³-hybridized carbons (Fsp3) is 0.250. The van der Waals surface area contributed by atoms with E-state index in [9.17, 15) is 0 Å². The van der Waals surface area contributed by atoms with E-state index in [2.05, 4.69) is 58.5 Å². The Hall–Kier alpha value is -6.88. The van der Waals surface area contributed by atoms with Gasteiger partial charge in [0.15, 0.2) is 0 Å². The van der Waals surface area contributed by atoms with Gasteiger partial charge in [0.2, 0.25) is 11.6 Å². The fourth-order valence-electron chi connectivity index (χ4n) is 6.82. The average molecular weight is 1080 g/mol. The van der Waals surface area contributed by atoms with E-state index in [1.165, 1.54) is 11.1 Å². The zero-order valence-electron chi connectivity index (χ0n) is 37.6. The Morgan fingerprint density at radius 3 is 1.12 bits per heavy atom. The lowest BCUT2D eigenvalue weighted by atomic mass is 10.0. The molecule has 2 aliphatic rings. The van der Waals surface area contributed by atoms with Gasteiger partial charge in [0.25, 0.3) is 0 Å². The van der Waals surface area contributed by atoms with Crippen LogP contribution in [0.5, 0.6) is 0 Å². The molecule has 0 bridgehead atoms. The molecule has 72 heavy (non-hydrogen) atoms. The van der Waals surface area contributed by atoms with Crippen molar-refractivity contribution in [2.45, 2.75) is 62.6 Å². The molecule has 4 aromatic carbocycles. The van der Waals surface area contributed by atoms with E-state index < -0.39 is 47.4 Å². The first-order valence-electron chi connectivity index (χ1n) is 21.1. The maximum atomic E-state index is 9.10. The number of aliphatic carboxylic acids is 6. The first-order chi connectivity index (χ1) is 34.2. The van der Waals surface area contributed by atoms with E-state index in [4.69, 9.17) is 125 Å². The minimum Gasteiger partial charge on any atom is -0.473 e. The number of halogens is 4. The molecule has 4 unspecified atom stereocenters. The second kappa shape index (κ2) is 28.2. The smallest absolute Gasteiger partial charge is 0.414 e. The van der Waals surface area contributed by atoms with Crippen LogP contribution in [-0.4, -0.2) is 111 Å². The van der Waals surface area contributed by atoms with Crippen LogP contribution in [0.4, 0.5) is 0 Å². The van der Waals surface area contributed by atoms with Crippen molar-refractivity contribution in [1.29, 1.82) is 0 Å². The quantitative estimate of drug-likeness (QED) is 0.0641. The zero-order chi connectivity index (χ0) is 52.8. The first-order valence-corrected chi connectivity index (χ1v) is 22.7. The molecule has 2 saturated heterocycles. The van der Waals surface area contributed by atoms with Crippen LogP contribution in [0.1, 0.15) is 35.1 Å². The van der Waals surface area contributed by atoms with Crippen molar-refractivity contribution < 1.29 is 78.4 Å². The summed E-state index contributed by atoms with van der Waals surface area (Å²) in [6, 6.07) is 31.6. The normalized spacial score (nSPS) is 18.5. The van der Waals surface area contributed by atoms with Crippen LogP contribution in [0.15, 0.2) is 135 Å². The van der Waals surface area contributed by atoms with Crippen LogP contribution in [0.25, 0.3) is 0 Å². The number of hydrogen-bond donors (Lipinski definition) is 6. The molecular formula is C48H46Cl4N4O16. The highest BCUT2D eigenvalue weighted by Gasteiger charge is 2.46. The third kappa shape index (κ3) is 18.4. The number of imidazole rings is 2. The molecule has 24 heteroatoms. The van der Waals surface area contributed by atoms with Crippen LogP contribution < -0.4 is 0 Å². The monoisotopic (exact) mass is 1070 g/mol. The SMILES string of the molecule is Clc1ccc(C2(Cn3ccnc3)OCC(CCc3ccccc3)O2)c(Cl)c1.Clc1ccc(C2(Cn3ccnc3)OCC(CCc3ccccc3)O2)c(Cl)c1.O=C(O)C(=O)O.O=C(O)C(=O)O.O=C(O)C(=O)O. The standard InChI is InChI=1S/2C21H20Cl2N2O2.3C2H2O4/c2*22-17-7-9-19(20(23)12-17)21(14-25-11-10-24-15-25)26-13-18(27-21)8-6-16-4-2-1-3-5-16;3*3-1(4)2(5)6/h2*1-5,7,9-12,15,18H,6,8,13-14H2;3*(H,3,4)(H,5,6). The highest BCUT2D eigenvalue weighted by atomic mass is 35.5. The molecule has 6 N–H and O–H groups in total. The Morgan fingerprint density at radius 1 is 0.514 bits per heavy atom. The molecule has 0 aliphatic carbocycles. The van der Waals surface area contributed by atoms with Gasteiger partial charge in [-0.25, -0.2) is 38.7 Å². The third-order valence-electron chi connectivity index (χ3n) is 10.0. The molecule has 2 aliphatic heterocycles. The Bertz CT molecular complexity index is 2480. The molecule has 0 spiro atoms. The van der Waals surface area contributed by atoms with Crippen LogP contribution in [0, 0.1) is 0 Å². The summed E-state index contributed by atoms with van der Waals surface area (Å²) < 4.78 is 29.2. The molecule has 382 valence electrons. The summed E-state index contributed by atoms with van der Waals surface area (Å²) in [7, 11) is 0. The van der Waals surface area contributed by atoms with Crippen LogP contribution in [-0.2, 0) is 85.2 Å². The number of carboxylic acid groups (broad SMARTS) is 6. The van der Waals surface area contributed by atoms with Gasteiger partial charge >= 0.3 is 35.8 Å². The molecule has 4 atom stereocenters. The van der Waals surface area contributed by atoms with E-state index >= 15 is 0 Å². The molecule has 0 radical (unpaired) electrons. The fourth-order valence-corrected chi connectivity index (χ4v) is 7.92. The Morgan fingerprint density at radius 2 is 0.847 bits per heavy atom. The topological polar surface area (TPSA) is 296 Å². The number of nitrogens with zero attached hydrogens (tertiary/aromatic N) is 4. The van der Waals surface area contributed by atoms with Gasteiger partial charge in [-0.1, -0.05) is 119 Å². The van der Waals surface area contributed by atoms with Crippen molar-refractivity contribution in [3.8, 4) is 0 Å². The second-order valence-electron chi connectivity index (χ2n) is 15.2. The maximum absolute atomic E-state index is 9.10. The van der Waals surface area contributed by atoms with Crippen molar-refractivity contribution in [3.05, 3.63) is 177 Å². The second-order valence-corrected chi connectivity index (χ2v) is 16.9. The average Bonchev–Trinajstić information content (AvgIpc) is 4.20. The van der Waals surface area contributed by atoms with Crippen molar-refractivity contribution >= 4 is 82.2 Å². The molecule has 0 amide bonds. The number of rotatable bonds is 12. The summed E-state index contributed by atoms with van der Waals surface area (Å²) in [5.74, 6) is -12.9. The molecule has 8 rings (SSSR count). The summed E-state index contributed by atoms with van der Waals surface area (Å²) in [4.78, 5) is 62.8. The van der Waals surface area contributed by atoms with Gasteiger partial charge in [0, 0.05) is 46.0 Å². The van der Waals surface area contributed by atoms with Crippen molar-refractivity contribution in [3.63, 3.8) is 0 Å². The molecule has 4 heterocycles. The largest absolute Gasteiger partial charge is 0.473 e. The third-order valence-corrected chi connectivity index (χ3v) is 11.1. The van der Waals surface area contributed by atoms with E-state index in [0.29, 0.717) is 46.4 Å². The number of carbonyl (C=O) groups is 6. The van der Waals surface area contributed by atoms with Gasteiger partial charge in [-0.15, -0.1) is 0 Å². The predicted molar refractivity (Wildman–Crippen MR) is 258 cm³/mol. The van der Waals surface area contributed by atoms with E-state index in [0.717, 1.165) is 36.8 Å². The zero-order valence-corrected chi connectivity index (χ0v) is 40.6. The summed E-state index contributed by atoms with van der Waals surface area (Å²) in [5, 5.41) is 46.6. The van der Waals surface area contributed by atoms with Crippen molar-refractivity contribution in [2.24, 2.45) is 0 Å². The lowest BCUT2D eigenvalue weighted by Crippen LogP contribution is -2.33. The van der Waals surface area contributed by atoms with Gasteiger partial charge in [-0.3, -0.25) is 0 Å². The molecule has 6 aromatic rings. The molecule has 20 nitrogen and oxygen atoms in total. The molecule has 0 saturated carbocycles. The summed E-state index contributed by atoms with van der Waals surface area (Å²) in [5.41, 5.74) is 4.14. The number of benzene rings is 4. The van der Waals surface area contributed by atoms with Crippen LogP contribution in [0.3, 0.4) is 0 Å². The maximum Gasteiger partial charge on any atom is 0.414 e. The summed E-state index contributed by atoms with van der Waals surface area (Å²) in [6.07, 6.45) is 14.3. The number of aryl methyl sites for hydroxylation is 2. The highest BCUT2D eigenvalue weighted by molar-refractivity contribution is 6.35. The van der Waals surface area contributed by atoms with Crippen LogP contribution >= 0.6 is 46.4 Å². The van der Waals surface area contributed by atoms with E-state index in [1.54, 1.807) is 37.2 Å². The van der Waals surface area contributed by atoms with E-state index in [1.807, 2.05) is 57.9 Å². The minimum atomic E-state index is -1.82. The Labute approximate surface area is 430 Å².